The van der Waals surface area contributed by atoms with Crippen LogP contribution in [-0.4, -0.2) is 15.1 Å². The molecule has 0 fully saturated rings. The lowest BCUT2D eigenvalue weighted by Gasteiger charge is -2.00. The summed E-state index contributed by atoms with van der Waals surface area (Å²) in [5.74, 6) is 0.871. The average molecular weight is 260 g/mol. The molecule has 2 aromatic heterocycles. The number of benzene rings is 1. The molecule has 0 spiro atoms. The maximum absolute atomic E-state index is 5.91. The molecular formula is C13H10ClN3O. The highest BCUT2D eigenvalue weighted by molar-refractivity contribution is 6.20. The summed E-state index contributed by atoms with van der Waals surface area (Å²) in [4.78, 5) is 8.58. The second-order valence-electron chi connectivity index (χ2n) is 3.95. The van der Waals surface area contributed by atoms with E-state index in [1.165, 1.54) is 0 Å². The van der Waals surface area contributed by atoms with E-state index < -0.39 is 0 Å². The van der Waals surface area contributed by atoms with Crippen LogP contribution in [0.25, 0.3) is 22.3 Å². The minimum absolute atomic E-state index is 0.304. The molecule has 0 amide bonds. The van der Waals surface area contributed by atoms with E-state index in [-0.39, 0.29) is 5.38 Å². The number of rotatable bonds is 2. The summed E-state index contributed by atoms with van der Waals surface area (Å²) in [6, 6.07) is 9.89. The van der Waals surface area contributed by atoms with Gasteiger partial charge in [0.05, 0.1) is 0 Å². The van der Waals surface area contributed by atoms with Crippen LogP contribution in [0.5, 0.6) is 0 Å². The van der Waals surface area contributed by atoms with Gasteiger partial charge in [-0.25, -0.2) is 0 Å². The maximum atomic E-state index is 5.91. The molecule has 0 aliphatic rings. The molecule has 1 unspecified atom stereocenters. The van der Waals surface area contributed by atoms with Gasteiger partial charge in [0.15, 0.2) is 0 Å². The predicted molar refractivity (Wildman–Crippen MR) is 69.3 cm³/mol. The average Bonchev–Trinajstić information content (AvgIpc) is 2.87. The largest absolute Gasteiger partial charge is 0.337 e. The monoisotopic (exact) mass is 259 g/mol. The molecule has 1 aromatic carbocycles. The van der Waals surface area contributed by atoms with Crippen LogP contribution >= 0.6 is 11.6 Å². The lowest BCUT2D eigenvalue weighted by Crippen LogP contribution is -1.89. The first-order valence-corrected chi connectivity index (χ1v) is 6.01. The van der Waals surface area contributed by atoms with E-state index in [2.05, 4.69) is 15.1 Å². The molecule has 90 valence electrons. The molecular weight excluding hydrogens is 250 g/mol. The van der Waals surface area contributed by atoms with Crippen molar-refractivity contribution >= 4 is 22.4 Å². The molecule has 0 aliphatic heterocycles. The number of hydrogen-bond donors (Lipinski definition) is 0. The fourth-order valence-corrected chi connectivity index (χ4v) is 1.88. The Hall–Kier alpha value is -1.94. The Morgan fingerprint density at radius 3 is 2.83 bits per heavy atom. The van der Waals surface area contributed by atoms with Crippen LogP contribution in [0.1, 0.15) is 18.2 Å². The van der Waals surface area contributed by atoms with Crippen molar-refractivity contribution in [2.75, 3.05) is 0 Å². The van der Waals surface area contributed by atoms with Crippen LogP contribution in [0.3, 0.4) is 0 Å². The lowest BCUT2D eigenvalue weighted by atomic mass is 10.1. The summed E-state index contributed by atoms with van der Waals surface area (Å²) in [7, 11) is 0. The van der Waals surface area contributed by atoms with E-state index in [1.807, 2.05) is 30.3 Å². The molecule has 3 rings (SSSR count). The molecule has 18 heavy (non-hydrogen) atoms. The van der Waals surface area contributed by atoms with Crippen molar-refractivity contribution in [1.29, 1.82) is 0 Å². The van der Waals surface area contributed by atoms with Gasteiger partial charge >= 0.3 is 0 Å². The topological polar surface area (TPSA) is 51.8 Å². The van der Waals surface area contributed by atoms with Gasteiger partial charge in [-0.1, -0.05) is 29.4 Å². The first kappa shape index (κ1) is 11.2. The first-order valence-electron chi connectivity index (χ1n) is 5.57. The number of hydrogen-bond acceptors (Lipinski definition) is 4. The minimum Gasteiger partial charge on any atom is -0.337 e. The van der Waals surface area contributed by atoms with Crippen molar-refractivity contribution in [3.63, 3.8) is 0 Å². The molecule has 3 aromatic rings. The molecule has 4 nitrogen and oxygen atoms in total. The van der Waals surface area contributed by atoms with E-state index in [9.17, 15) is 0 Å². The molecule has 0 aliphatic carbocycles. The summed E-state index contributed by atoms with van der Waals surface area (Å²) in [5, 5.41) is 5.71. The van der Waals surface area contributed by atoms with Crippen molar-refractivity contribution in [2.45, 2.75) is 12.3 Å². The van der Waals surface area contributed by atoms with Crippen molar-refractivity contribution in [1.82, 2.24) is 15.1 Å². The van der Waals surface area contributed by atoms with Gasteiger partial charge < -0.3 is 4.52 Å². The van der Waals surface area contributed by atoms with Gasteiger partial charge in [-0.05, 0) is 18.4 Å². The highest BCUT2D eigenvalue weighted by Crippen LogP contribution is 2.26. The van der Waals surface area contributed by atoms with Gasteiger partial charge in [-0.2, -0.15) is 4.98 Å². The summed E-state index contributed by atoms with van der Waals surface area (Å²) in [6.07, 6.45) is 1.73. The molecule has 0 radical (unpaired) electrons. The van der Waals surface area contributed by atoms with Crippen LogP contribution in [0.15, 0.2) is 41.1 Å². The summed E-state index contributed by atoms with van der Waals surface area (Å²) in [6.45, 7) is 1.79. The summed E-state index contributed by atoms with van der Waals surface area (Å²) >= 11 is 5.91. The van der Waals surface area contributed by atoms with Crippen LogP contribution < -0.4 is 0 Å². The SMILES string of the molecule is CC(Cl)c1nc(-c2nccc3ccccc23)no1. The van der Waals surface area contributed by atoms with Gasteiger partial charge in [0, 0.05) is 11.6 Å². The molecule has 0 saturated heterocycles. The van der Waals surface area contributed by atoms with Crippen molar-refractivity contribution in [3.05, 3.63) is 42.4 Å². The zero-order valence-electron chi connectivity index (χ0n) is 9.67. The quantitative estimate of drug-likeness (QED) is 0.660. The highest BCUT2D eigenvalue weighted by atomic mass is 35.5. The second-order valence-corrected chi connectivity index (χ2v) is 4.61. The maximum Gasteiger partial charge on any atom is 0.244 e. The third-order valence-electron chi connectivity index (χ3n) is 2.67. The number of pyridine rings is 1. The number of fused-ring (bicyclic) bond motifs is 1. The van der Waals surface area contributed by atoms with Gasteiger partial charge in [0.1, 0.15) is 11.1 Å². The summed E-state index contributed by atoms with van der Waals surface area (Å²) in [5.41, 5.74) is 0.709. The van der Waals surface area contributed by atoms with E-state index in [0.29, 0.717) is 17.4 Å². The van der Waals surface area contributed by atoms with Crippen molar-refractivity contribution in [3.8, 4) is 11.5 Å². The Balaban J connectivity index is 2.18. The summed E-state index contributed by atoms with van der Waals surface area (Å²) < 4.78 is 5.10. The predicted octanol–water partition coefficient (Wildman–Crippen LogP) is 3.58. The number of halogens is 1. The number of alkyl halides is 1. The fourth-order valence-electron chi connectivity index (χ4n) is 1.79. The van der Waals surface area contributed by atoms with Crippen LogP contribution in [0.4, 0.5) is 0 Å². The second kappa shape index (κ2) is 4.38. The highest BCUT2D eigenvalue weighted by Gasteiger charge is 2.15. The van der Waals surface area contributed by atoms with E-state index in [4.69, 9.17) is 16.1 Å². The van der Waals surface area contributed by atoms with Crippen LogP contribution in [0.2, 0.25) is 0 Å². The van der Waals surface area contributed by atoms with Crippen molar-refractivity contribution in [2.24, 2.45) is 0 Å². The minimum atomic E-state index is -0.304. The Morgan fingerprint density at radius 2 is 2.06 bits per heavy atom. The van der Waals surface area contributed by atoms with Gasteiger partial charge in [0.25, 0.3) is 0 Å². The lowest BCUT2D eigenvalue weighted by molar-refractivity contribution is 0.379. The zero-order valence-corrected chi connectivity index (χ0v) is 10.4. The Morgan fingerprint density at radius 1 is 1.22 bits per heavy atom. The molecule has 0 N–H and O–H groups in total. The van der Waals surface area contributed by atoms with Crippen molar-refractivity contribution < 1.29 is 4.52 Å². The van der Waals surface area contributed by atoms with Crippen LogP contribution in [-0.2, 0) is 0 Å². The standard InChI is InChI=1S/C13H10ClN3O/c1-8(14)13-16-12(17-18-13)11-10-5-3-2-4-9(10)6-7-15-11/h2-8H,1H3. The van der Waals surface area contributed by atoms with E-state index in [1.54, 1.807) is 13.1 Å². The van der Waals surface area contributed by atoms with Gasteiger partial charge in [0.2, 0.25) is 11.7 Å². The molecule has 0 bridgehead atoms. The third kappa shape index (κ3) is 1.84. The Bertz CT molecular complexity index is 688. The zero-order chi connectivity index (χ0) is 12.5. The van der Waals surface area contributed by atoms with E-state index >= 15 is 0 Å². The van der Waals surface area contributed by atoms with E-state index in [0.717, 1.165) is 10.8 Å². The molecule has 2 heterocycles. The molecule has 1 atom stereocenters. The number of nitrogens with zero attached hydrogens (tertiary/aromatic N) is 3. The van der Waals surface area contributed by atoms with Crippen LogP contribution in [0, 0.1) is 0 Å². The normalized spacial score (nSPS) is 12.8. The fraction of sp³-hybridized carbons (Fsp3) is 0.154. The first-order chi connectivity index (χ1) is 8.75. The Kier molecular flexibility index (Phi) is 2.72. The molecule has 5 heteroatoms. The van der Waals surface area contributed by atoms with Gasteiger partial charge in [-0.15, -0.1) is 11.6 Å². The third-order valence-corrected chi connectivity index (χ3v) is 2.85. The number of aromatic nitrogens is 3. The smallest absolute Gasteiger partial charge is 0.244 e. The Labute approximate surface area is 109 Å². The molecule has 0 saturated carbocycles. The van der Waals surface area contributed by atoms with Gasteiger partial charge in [-0.3, -0.25) is 4.98 Å².